The van der Waals surface area contributed by atoms with Gasteiger partial charge in [-0.25, -0.2) is 0 Å². The summed E-state index contributed by atoms with van der Waals surface area (Å²) in [5.41, 5.74) is 1.27. The number of carbonyl (C=O) groups is 2. The number of hydrogen-bond acceptors (Lipinski definition) is 4. The average Bonchev–Trinajstić information content (AvgIpc) is 2.84. The predicted octanol–water partition coefficient (Wildman–Crippen LogP) is 2.52. The predicted molar refractivity (Wildman–Crippen MR) is 103 cm³/mol. The highest BCUT2D eigenvalue weighted by Gasteiger charge is 2.43. The van der Waals surface area contributed by atoms with Gasteiger partial charge in [-0.1, -0.05) is 11.6 Å². The van der Waals surface area contributed by atoms with Gasteiger partial charge in [-0.3, -0.25) is 9.59 Å². The summed E-state index contributed by atoms with van der Waals surface area (Å²) in [6.45, 7) is 4.88. The number of nitrogens with zero attached hydrogens (tertiary/aromatic N) is 2. The van der Waals surface area contributed by atoms with Gasteiger partial charge >= 0.3 is 0 Å². The summed E-state index contributed by atoms with van der Waals surface area (Å²) in [5, 5.41) is 0.653. The third-order valence-electron chi connectivity index (χ3n) is 5.70. The highest BCUT2D eigenvalue weighted by atomic mass is 35.5. The van der Waals surface area contributed by atoms with Crippen molar-refractivity contribution >= 4 is 23.4 Å². The molecule has 0 unspecified atom stereocenters. The molecule has 1 spiro atoms. The van der Waals surface area contributed by atoms with Crippen molar-refractivity contribution in [1.82, 2.24) is 9.80 Å². The molecule has 7 heteroatoms. The van der Waals surface area contributed by atoms with Crippen LogP contribution in [0.3, 0.4) is 0 Å². The zero-order valence-corrected chi connectivity index (χ0v) is 16.8. The Balaban J connectivity index is 1.80. The van der Waals surface area contributed by atoms with Gasteiger partial charge in [-0.2, -0.15) is 0 Å². The molecule has 2 saturated heterocycles. The molecule has 0 aromatic heterocycles. The van der Waals surface area contributed by atoms with Crippen LogP contribution in [-0.2, 0) is 14.3 Å². The highest BCUT2D eigenvalue weighted by Crippen LogP contribution is 2.34. The summed E-state index contributed by atoms with van der Waals surface area (Å²) < 4.78 is 10.6. The molecule has 0 saturated carbocycles. The lowest BCUT2D eigenvalue weighted by atomic mass is 9.84. The number of aryl methyl sites for hydroxylation is 1. The average molecular weight is 395 g/mol. The molecular formula is C20H27ClN2O4. The molecule has 1 aromatic rings. The summed E-state index contributed by atoms with van der Waals surface area (Å²) in [7, 11) is 1.53. The van der Waals surface area contributed by atoms with E-state index in [1.54, 1.807) is 12.1 Å². The Morgan fingerprint density at radius 3 is 2.59 bits per heavy atom. The Morgan fingerprint density at radius 1 is 1.19 bits per heavy atom. The number of hydrogen-bond donors (Lipinski definition) is 0. The van der Waals surface area contributed by atoms with Crippen LogP contribution in [0.2, 0.25) is 5.02 Å². The van der Waals surface area contributed by atoms with Crippen LogP contribution in [0.5, 0.6) is 0 Å². The van der Waals surface area contributed by atoms with E-state index < -0.39 is 0 Å². The van der Waals surface area contributed by atoms with Gasteiger partial charge in [0.15, 0.2) is 0 Å². The van der Waals surface area contributed by atoms with Gasteiger partial charge in [-0.05, 0) is 49.9 Å². The summed E-state index contributed by atoms with van der Waals surface area (Å²) in [5.74, 6) is -0.0333. The fraction of sp³-hybridized carbons (Fsp3) is 0.600. The molecule has 2 amide bonds. The first-order valence-corrected chi connectivity index (χ1v) is 9.77. The fourth-order valence-corrected chi connectivity index (χ4v) is 4.19. The number of carbonyl (C=O) groups excluding carboxylic acids is 2. The van der Waals surface area contributed by atoms with Crippen molar-refractivity contribution in [3.05, 3.63) is 34.3 Å². The van der Waals surface area contributed by atoms with E-state index in [0.29, 0.717) is 43.4 Å². The Kier molecular flexibility index (Phi) is 6.40. The van der Waals surface area contributed by atoms with E-state index >= 15 is 0 Å². The summed E-state index contributed by atoms with van der Waals surface area (Å²) in [4.78, 5) is 29.5. The van der Waals surface area contributed by atoms with Crippen molar-refractivity contribution in [1.29, 1.82) is 0 Å². The minimum absolute atomic E-state index is 0.0157. The van der Waals surface area contributed by atoms with Crippen molar-refractivity contribution in [2.45, 2.75) is 31.7 Å². The van der Waals surface area contributed by atoms with E-state index in [1.165, 1.54) is 7.11 Å². The molecule has 0 bridgehead atoms. The van der Waals surface area contributed by atoms with Gasteiger partial charge in [0, 0.05) is 56.1 Å². The Hall–Kier alpha value is -1.63. The van der Waals surface area contributed by atoms with Crippen LogP contribution < -0.4 is 0 Å². The lowest BCUT2D eigenvalue weighted by Crippen LogP contribution is -2.55. The van der Waals surface area contributed by atoms with Crippen LogP contribution in [0.15, 0.2) is 18.2 Å². The Bertz CT molecular complexity index is 703. The summed E-state index contributed by atoms with van der Waals surface area (Å²) >= 11 is 6.09. The van der Waals surface area contributed by atoms with Crippen LogP contribution in [0.4, 0.5) is 0 Å². The van der Waals surface area contributed by atoms with Crippen molar-refractivity contribution in [2.75, 3.05) is 46.6 Å². The smallest absolute Gasteiger partial charge is 0.253 e. The van der Waals surface area contributed by atoms with Crippen LogP contribution in [0.25, 0.3) is 0 Å². The van der Waals surface area contributed by atoms with E-state index in [0.717, 1.165) is 24.8 Å². The molecule has 2 aliphatic heterocycles. The fourth-order valence-electron chi connectivity index (χ4n) is 4.07. The third-order valence-corrected chi connectivity index (χ3v) is 6.12. The van der Waals surface area contributed by atoms with Gasteiger partial charge in [-0.15, -0.1) is 0 Å². The molecule has 27 heavy (non-hydrogen) atoms. The molecule has 0 N–H and O–H groups in total. The molecular weight excluding hydrogens is 368 g/mol. The third kappa shape index (κ3) is 4.28. The van der Waals surface area contributed by atoms with Gasteiger partial charge < -0.3 is 19.3 Å². The molecule has 6 nitrogen and oxygen atoms in total. The van der Waals surface area contributed by atoms with Crippen LogP contribution in [0.1, 0.15) is 35.2 Å². The summed E-state index contributed by atoms with van der Waals surface area (Å²) in [6, 6.07) is 5.35. The minimum atomic E-state index is -0.251. The number of benzene rings is 1. The monoisotopic (exact) mass is 394 g/mol. The van der Waals surface area contributed by atoms with Crippen molar-refractivity contribution in [2.24, 2.45) is 0 Å². The van der Waals surface area contributed by atoms with Gasteiger partial charge in [0.2, 0.25) is 5.91 Å². The first kappa shape index (κ1) is 20.1. The van der Waals surface area contributed by atoms with E-state index in [1.807, 2.05) is 22.8 Å². The highest BCUT2D eigenvalue weighted by molar-refractivity contribution is 6.31. The lowest BCUT2D eigenvalue weighted by molar-refractivity contribution is -0.145. The van der Waals surface area contributed by atoms with E-state index in [-0.39, 0.29) is 24.0 Å². The molecule has 2 heterocycles. The Morgan fingerprint density at radius 2 is 1.93 bits per heavy atom. The first-order chi connectivity index (χ1) is 13.0. The Labute approximate surface area is 165 Å². The largest absolute Gasteiger partial charge is 0.381 e. The molecule has 2 aliphatic rings. The first-order valence-electron chi connectivity index (χ1n) is 9.39. The second-order valence-corrected chi connectivity index (χ2v) is 7.73. The number of ether oxygens (including phenoxy) is 2. The maximum Gasteiger partial charge on any atom is 0.253 e. The van der Waals surface area contributed by atoms with Gasteiger partial charge in [0.05, 0.1) is 0 Å². The number of halogens is 1. The zero-order valence-electron chi connectivity index (χ0n) is 16.0. The van der Waals surface area contributed by atoms with Crippen molar-refractivity contribution in [3.63, 3.8) is 0 Å². The maximum absolute atomic E-state index is 13.0. The SMILES string of the molecule is COCC(=O)N1CCN(C(=O)c2ccc(Cl)c(C)c2)CCC12CCOCC2. The van der Waals surface area contributed by atoms with E-state index in [9.17, 15) is 9.59 Å². The zero-order chi connectivity index (χ0) is 19.4. The van der Waals surface area contributed by atoms with Gasteiger partial charge in [0.25, 0.3) is 5.91 Å². The van der Waals surface area contributed by atoms with Crippen LogP contribution in [-0.4, -0.2) is 73.7 Å². The molecule has 0 aliphatic carbocycles. The number of rotatable bonds is 3. The topological polar surface area (TPSA) is 59.1 Å². The number of methoxy groups -OCH3 is 1. The van der Waals surface area contributed by atoms with Crippen LogP contribution >= 0.6 is 11.6 Å². The molecule has 2 fully saturated rings. The van der Waals surface area contributed by atoms with Crippen LogP contribution in [0, 0.1) is 6.92 Å². The number of amides is 2. The molecule has 1 aromatic carbocycles. The molecule has 3 rings (SSSR count). The lowest BCUT2D eigenvalue weighted by Gasteiger charge is -2.45. The molecule has 0 radical (unpaired) electrons. The normalized spacial score (nSPS) is 19.8. The maximum atomic E-state index is 13.0. The minimum Gasteiger partial charge on any atom is -0.381 e. The van der Waals surface area contributed by atoms with E-state index in [2.05, 4.69) is 0 Å². The second kappa shape index (κ2) is 8.59. The van der Waals surface area contributed by atoms with Gasteiger partial charge in [0.1, 0.15) is 6.61 Å². The van der Waals surface area contributed by atoms with Crippen molar-refractivity contribution in [3.8, 4) is 0 Å². The van der Waals surface area contributed by atoms with Crippen molar-refractivity contribution < 1.29 is 19.1 Å². The second-order valence-electron chi connectivity index (χ2n) is 7.32. The summed E-state index contributed by atoms with van der Waals surface area (Å²) in [6.07, 6.45) is 2.35. The van der Waals surface area contributed by atoms with E-state index in [4.69, 9.17) is 21.1 Å². The molecule has 148 valence electrons. The molecule has 0 atom stereocenters. The standard InChI is InChI=1S/C20H27ClN2O4/c1-15-13-16(3-4-17(15)21)19(25)22-8-5-20(6-11-27-12-7-20)23(10-9-22)18(24)14-26-2/h3-4,13H,5-12,14H2,1-2H3. The quantitative estimate of drug-likeness (QED) is 0.790.